The second-order valence-electron chi connectivity index (χ2n) is 18.5. The molecule has 31 heteroatoms. The number of fused-ring (bicyclic) bond motifs is 6. The van der Waals surface area contributed by atoms with E-state index in [9.17, 15) is 0 Å². The van der Waals surface area contributed by atoms with Crippen LogP contribution < -0.4 is 15.2 Å². The smallest absolute Gasteiger partial charge is 0.143 e. The molecular formula is C53H68ClN13O4S13. The van der Waals surface area contributed by atoms with Crippen LogP contribution in [0.2, 0.25) is 5.15 Å². The van der Waals surface area contributed by atoms with E-state index >= 15 is 0 Å². The van der Waals surface area contributed by atoms with Gasteiger partial charge in [0, 0.05) is 190 Å². The van der Waals surface area contributed by atoms with Gasteiger partial charge in [-0.05, 0) is 97.1 Å². The number of rotatable bonds is 10. The number of methoxy groups -OCH3 is 2. The highest BCUT2D eigenvalue weighted by Crippen LogP contribution is 2.42. The van der Waals surface area contributed by atoms with Crippen LogP contribution in [0, 0.1) is 41.5 Å². The highest BCUT2D eigenvalue weighted by Gasteiger charge is 2.23. The largest absolute Gasteiger partial charge is 0.496 e. The van der Waals surface area contributed by atoms with Gasteiger partial charge in [-0.3, -0.25) is 9.36 Å². The van der Waals surface area contributed by atoms with E-state index in [1.165, 1.54) is 23.3 Å². The van der Waals surface area contributed by atoms with Crippen molar-refractivity contribution in [3.8, 4) is 33.8 Å². The molecule has 0 spiro atoms. The molecule has 0 saturated heterocycles. The maximum absolute atomic E-state index is 6.33. The quantitative estimate of drug-likeness (QED) is 0.109. The number of nitrogens with two attached hydrogens (primary N) is 1. The van der Waals surface area contributed by atoms with E-state index in [2.05, 4.69) is 95.2 Å². The Hall–Kier alpha value is -4.41. The predicted octanol–water partition coefficient (Wildman–Crippen LogP) is 12.8. The van der Waals surface area contributed by atoms with E-state index in [4.69, 9.17) is 73.3 Å². The van der Waals surface area contributed by atoms with Crippen molar-refractivity contribution in [1.29, 1.82) is 0 Å². The summed E-state index contributed by atoms with van der Waals surface area (Å²) in [6.45, 7) is 25.8. The van der Waals surface area contributed by atoms with Crippen molar-refractivity contribution in [2.75, 3.05) is 20.0 Å². The van der Waals surface area contributed by atoms with Crippen LogP contribution >= 0.6 is 11.6 Å². The highest BCUT2D eigenvalue weighted by molar-refractivity contribution is 8.75. The van der Waals surface area contributed by atoms with Crippen LogP contribution in [0.3, 0.4) is 0 Å². The standard InChI is InChI=1S/C26H30N6O2.C17H15ClN4O2.C8H15N3.2CH4.S13/c1-8-32-12-17(25(30-32)13(2)3)9-21-24-18-11-22(33-7)19(23-14(4)31-34-15(23)5)10-20(18)29-26(24)28-16(6)27-21;1-7-14(8(2)24-22-7)11-5-12-10(6-13(11)23-4)15-16(18)19-9(3)20-17(15)21-12;1-4-11-5-7(9)8(10-11)6(2)3;;;1-3-5-7-9-11-13-12-10-8-6-4-2/h10-13H,8-9H2,1-7H3,(H,27,28,29);5-6H,1-4H3,(H,19,20,21);5-6H,4,9H2,1-3H3;2*1H4;. The first-order valence-electron chi connectivity index (χ1n) is 25.1. The SMILES string of the molecule is C.C.CCn1cc(Cc2nc(C)nc3[nH]c4cc(-c5c(C)noc5C)c(OC)cc4c23)c(C(C)C)n1.CCn1cc(N)c(C(C)C)n1.COc1cc2c(cc1-c1c(C)noc1C)[nH]c1nc(C)nc(Cl)c12.S=S=S=S=S=S=S=S=S=S=S=S=S. The van der Waals surface area contributed by atoms with Gasteiger partial charge in [-0.25, -0.2) is 19.9 Å². The molecule has 0 radical (unpaired) electrons. The molecular weight excluding hydrogens is 1330 g/mol. The number of nitrogens with zero attached hydrogens (tertiary/aromatic N) is 10. The van der Waals surface area contributed by atoms with Crippen molar-refractivity contribution in [3.05, 3.63) is 99.0 Å². The molecule has 0 unspecified atom stereocenters. The lowest BCUT2D eigenvalue weighted by Gasteiger charge is -2.10. The maximum Gasteiger partial charge on any atom is 0.143 e. The molecule has 0 aliphatic rings. The van der Waals surface area contributed by atoms with E-state index in [0.717, 1.165) is 137 Å². The molecule has 0 saturated carbocycles. The van der Waals surface area contributed by atoms with E-state index in [1.54, 1.807) is 94.1 Å². The first-order chi connectivity index (χ1) is 39.4. The Morgan fingerprint density at radius 3 is 1.44 bits per heavy atom. The third kappa shape index (κ3) is 17.0. The van der Waals surface area contributed by atoms with Crippen molar-refractivity contribution in [1.82, 2.24) is 59.8 Å². The normalized spacial score (nSPS) is 10.6. The summed E-state index contributed by atoms with van der Waals surface area (Å²) in [6, 6.07) is 8.11. The van der Waals surface area contributed by atoms with Crippen LogP contribution in [0.5, 0.6) is 11.5 Å². The average Bonchev–Trinajstić information content (AvgIpc) is 1.94. The Kier molecular flexibility index (Phi) is 27.7. The minimum atomic E-state index is 0. The number of ether oxygens (including phenoxy) is 2. The van der Waals surface area contributed by atoms with Gasteiger partial charge in [-0.2, -0.15) is 10.2 Å². The molecule has 454 valence electrons. The van der Waals surface area contributed by atoms with Crippen LogP contribution in [0.1, 0.15) is 125 Å². The molecule has 10 rings (SSSR count). The fourth-order valence-corrected chi connectivity index (χ4v) is 34.1. The van der Waals surface area contributed by atoms with Gasteiger partial charge in [0.1, 0.15) is 51.1 Å². The van der Waals surface area contributed by atoms with Crippen LogP contribution in [-0.4, -0.2) is 74.0 Å². The molecule has 8 aromatic heterocycles. The molecule has 0 aliphatic heterocycles. The van der Waals surface area contributed by atoms with Crippen molar-refractivity contribution >= 4 is 181 Å². The molecule has 0 bridgehead atoms. The third-order valence-corrected chi connectivity index (χ3v) is 35.0. The van der Waals surface area contributed by atoms with Gasteiger partial charge in [0.25, 0.3) is 0 Å². The number of aromatic amines is 2. The number of aromatic nitrogens is 12. The van der Waals surface area contributed by atoms with Crippen LogP contribution in [0.15, 0.2) is 45.7 Å². The van der Waals surface area contributed by atoms with Gasteiger partial charge in [0.05, 0.1) is 64.9 Å². The first-order valence-corrected chi connectivity index (χ1v) is 41.5. The second kappa shape index (κ2) is 33.1. The number of aryl methyl sites for hydroxylation is 8. The van der Waals surface area contributed by atoms with Crippen molar-refractivity contribution in [2.45, 2.75) is 129 Å². The molecule has 84 heavy (non-hydrogen) atoms. The Labute approximate surface area is 536 Å². The predicted molar refractivity (Wildman–Crippen MR) is 381 cm³/mol. The molecule has 17 nitrogen and oxygen atoms in total. The van der Waals surface area contributed by atoms with Crippen molar-refractivity contribution in [2.24, 2.45) is 0 Å². The first kappa shape index (κ1) is 70.4. The zero-order chi connectivity index (χ0) is 59.4. The lowest BCUT2D eigenvalue weighted by atomic mass is 9.98. The minimum Gasteiger partial charge on any atom is -0.496 e. The summed E-state index contributed by atoms with van der Waals surface area (Å²) in [5.74, 6) is 5.10. The number of nitrogen functional groups attached to an aromatic ring is 1. The number of hydrogen-bond donors (Lipinski definition) is 3. The Morgan fingerprint density at radius 1 is 0.607 bits per heavy atom. The molecule has 4 N–H and O–H groups in total. The number of nitrogens with one attached hydrogen (secondary N) is 2. The summed E-state index contributed by atoms with van der Waals surface area (Å²) in [7, 11) is 21.4. The zero-order valence-electron chi connectivity index (χ0n) is 47.1. The van der Waals surface area contributed by atoms with Gasteiger partial charge in [-0.15, -0.1) is 0 Å². The molecule has 2 aromatic carbocycles. The van der Waals surface area contributed by atoms with Crippen molar-refractivity contribution < 1.29 is 18.5 Å². The summed E-state index contributed by atoms with van der Waals surface area (Å²) in [6.07, 6.45) is 4.72. The number of hydrogen-bond acceptors (Lipinski definition) is 15. The number of benzene rings is 2. The Morgan fingerprint density at radius 2 is 1.04 bits per heavy atom. The van der Waals surface area contributed by atoms with E-state index in [-0.39, 0.29) is 14.9 Å². The van der Waals surface area contributed by atoms with Crippen molar-refractivity contribution in [3.63, 3.8) is 0 Å². The van der Waals surface area contributed by atoms with Gasteiger partial charge >= 0.3 is 0 Å². The third-order valence-electron chi connectivity index (χ3n) is 12.5. The maximum atomic E-state index is 6.33. The van der Waals surface area contributed by atoms with Gasteiger partial charge < -0.3 is 34.2 Å². The fraction of sp³-hybridized carbons (Fsp3) is 0.396. The number of anilines is 1. The summed E-state index contributed by atoms with van der Waals surface area (Å²) >= 11 is 15.7. The molecule has 0 aliphatic carbocycles. The number of halogens is 1. The molecule has 0 fully saturated rings. The fourth-order valence-electron chi connectivity index (χ4n) is 9.11. The van der Waals surface area contributed by atoms with E-state index in [1.807, 2.05) is 69.2 Å². The summed E-state index contributed by atoms with van der Waals surface area (Å²) in [5, 5.41) is 21.5. The van der Waals surface area contributed by atoms with Crippen LogP contribution in [0.25, 0.3) is 66.1 Å². The lowest BCUT2D eigenvalue weighted by Crippen LogP contribution is -2.01. The van der Waals surface area contributed by atoms with Gasteiger partial charge in [0.2, 0.25) is 0 Å². The monoisotopic (exact) mass is 1400 g/mol. The van der Waals surface area contributed by atoms with Crippen LogP contribution in [0.4, 0.5) is 5.69 Å². The Bertz CT molecular complexity index is 4430. The Balaban J connectivity index is 0.000000224. The average molecular weight is 1400 g/mol. The number of H-pyrrole nitrogens is 2. The van der Waals surface area contributed by atoms with Crippen LogP contribution in [-0.2, 0) is 140 Å². The zero-order valence-corrected chi connectivity index (χ0v) is 58.5. The molecule has 10 aromatic rings. The van der Waals surface area contributed by atoms with E-state index < -0.39 is 0 Å². The van der Waals surface area contributed by atoms with Gasteiger partial charge in [0.15, 0.2) is 0 Å². The highest BCUT2D eigenvalue weighted by atomic mass is 35.5. The topological polar surface area (TPSA) is 215 Å². The van der Waals surface area contributed by atoms with E-state index in [0.29, 0.717) is 34.9 Å². The summed E-state index contributed by atoms with van der Waals surface area (Å²) in [5.41, 5.74) is 19.6. The minimum absolute atomic E-state index is 0. The van der Waals surface area contributed by atoms with Gasteiger partial charge in [-0.1, -0.05) is 64.5 Å². The summed E-state index contributed by atoms with van der Waals surface area (Å²) < 4.78 is 26.0. The second-order valence-corrected chi connectivity index (χ2v) is 38.3. The summed E-state index contributed by atoms with van der Waals surface area (Å²) in [4.78, 5) is 25.1. The lowest BCUT2D eigenvalue weighted by molar-refractivity contribution is 0.393. The molecule has 0 amide bonds. The molecule has 0 atom stereocenters. The molecule has 8 heterocycles.